The Hall–Kier alpha value is -2.55. The van der Waals surface area contributed by atoms with E-state index in [1.807, 2.05) is 6.92 Å². The fraction of sp³-hybridized carbons (Fsp3) is 0.533. The predicted octanol–water partition coefficient (Wildman–Crippen LogP) is 0.838. The van der Waals surface area contributed by atoms with Gasteiger partial charge in [-0.3, -0.25) is 4.90 Å². The lowest BCUT2D eigenvalue weighted by Gasteiger charge is -2.37. The van der Waals surface area contributed by atoms with Gasteiger partial charge in [-0.25, -0.2) is 4.79 Å². The number of nitrogens with zero attached hydrogens (tertiary/aromatic N) is 6. The minimum Gasteiger partial charge on any atom is -0.464 e. The van der Waals surface area contributed by atoms with Crippen molar-refractivity contribution >= 4 is 11.8 Å². The number of aryl methyl sites for hydroxylation is 1. The maximum Gasteiger partial charge on any atom is 0.358 e. The molecule has 0 spiro atoms. The topological polar surface area (TPSA) is 97.5 Å². The van der Waals surface area contributed by atoms with E-state index in [9.17, 15) is 4.79 Å². The predicted molar refractivity (Wildman–Crippen MR) is 84.6 cm³/mol. The second-order valence-electron chi connectivity index (χ2n) is 5.65. The SMILES string of the molecule is COC(=O)c1ccc(N2CCN(C(C)c3nc(C)no3)CC2)nn1. The summed E-state index contributed by atoms with van der Waals surface area (Å²) in [6.07, 6.45) is 0. The normalized spacial score (nSPS) is 16.9. The first-order chi connectivity index (χ1) is 11.6. The van der Waals surface area contributed by atoms with Crippen LogP contribution in [0.5, 0.6) is 0 Å². The molecule has 0 bridgehead atoms. The van der Waals surface area contributed by atoms with Crippen molar-refractivity contribution in [2.45, 2.75) is 19.9 Å². The summed E-state index contributed by atoms with van der Waals surface area (Å²) in [5.41, 5.74) is 0.209. The molecule has 0 radical (unpaired) electrons. The molecule has 9 heteroatoms. The molecule has 128 valence electrons. The van der Waals surface area contributed by atoms with Crippen molar-refractivity contribution in [3.8, 4) is 0 Å². The molecule has 1 unspecified atom stereocenters. The Balaban J connectivity index is 1.59. The molecule has 1 fully saturated rings. The summed E-state index contributed by atoms with van der Waals surface area (Å²) in [4.78, 5) is 20.1. The number of hydrogen-bond acceptors (Lipinski definition) is 9. The van der Waals surface area contributed by atoms with E-state index in [2.05, 4.69) is 41.8 Å². The summed E-state index contributed by atoms with van der Waals surface area (Å²) >= 11 is 0. The van der Waals surface area contributed by atoms with E-state index in [-0.39, 0.29) is 11.7 Å². The Kier molecular flexibility index (Phi) is 4.70. The zero-order valence-corrected chi connectivity index (χ0v) is 14.0. The van der Waals surface area contributed by atoms with Crippen molar-refractivity contribution in [3.05, 3.63) is 29.5 Å². The molecule has 0 N–H and O–H groups in total. The van der Waals surface area contributed by atoms with Crippen LogP contribution in [0.4, 0.5) is 5.82 Å². The van der Waals surface area contributed by atoms with Gasteiger partial charge in [-0.15, -0.1) is 10.2 Å². The number of ether oxygens (including phenoxy) is 1. The van der Waals surface area contributed by atoms with Crippen LogP contribution in [0.2, 0.25) is 0 Å². The van der Waals surface area contributed by atoms with Gasteiger partial charge in [0.15, 0.2) is 17.3 Å². The number of carbonyl (C=O) groups is 1. The van der Waals surface area contributed by atoms with E-state index in [0.717, 1.165) is 32.0 Å². The first-order valence-corrected chi connectivity index (χ1v) is 7.79. The van der Waals surface area contributed by atoms with Crippen LogP contribution in [0.3, 0.4) is 0 Å². The van der Waals surface area contributed by atoms with Crippen LogP contribution in [-0.2, 0) is 4.74 Å². The zero-order valence-electron chi connectivity index (χ0n) is 14.0. The Bertz CT molecular complexity index is 693. The van der Waals surface area contributed by atoms with E-state index >= 15 is 0 Å². The highest BCUT2D eigenvalue weighted by Crippen LogP contribution is 2.21. The molecule has 0 saturated carbocycles. The molecule has 2 aromatic rings. The Morgan fingerprint density at radius 3 is 2.54 bits per heavy atom. The van der Waals surface area contributed by atoms with Crippen LogP contribution in [-0.4, -0.2) is 64.5 Å². The molecule has 0 aliphatic carbocycles. The smallest absolute Gasteiger partial charge is 0.358 e. The number of piperazine rings is 1. The molecule has 3 heterocycles. The molecule has 1 aliphatic rings. The number of rotatable bonds is 4. The van der Waals surface area contributed by atoms with E-state index in [4.69, 9.17) is 4.52 Å². The second kappa shape index (κ2) is 6.91. The lowest BCUT2D eigenvalue weighted by Crippen LogP contribution is -2.47. The minimum atomic E-state index is -0.484. The molecule has 1 atom stereocenters. The highest BCUT2D eigenvalue weighted by molar-refractivity contribution is 5.86. The summed E-state index contributed by atoms with van der Waals surface area (Å²) in [5, 5.41) is 11.9. The van der Waals surface area contributed by atoms with Crippen molar-refractivity contribution in [2.24, 2.45) is 0 Å². The first-order valence-electron chi connectivity index (χ1n) is 7.79. The van der Waals surface area contributed by atoms with Crippen molar-refractivity contribution in [1.29, 1.82) is 0 Å². The van der Waals surface area contributed by atoms with Gasteiger partial charge >= 0.3 is 5.97 Å². The second-order valence-corrected chi connectivity index (χ2v) is 5.65. The standard InChI is InChI=1S/C15H20N6O3/c1-10(14-16-11(2)19-24-14)20-6-8-21(9-7-20)13-5-4-12(17-18-13)15(22)23-3/h4-5,10H,6-9H2,1-3H3. The average molecular weight is 332 g/mol. The van der Waals surface area contributed by atoms with Crippen molar-refractivity contribution in [2.75, 3.05) is 38.2 Å². The van der Waals surface area contributed by atoms with Crippen LogP contribution in [0, 0.1) is 6.92 Å². The number of anilines is 1. The fourth-order valence-electron chi connectivity index (χ4n) is 2.68. The van der Waals surface area contributed by atoms with E-state index in [1.54, 1.807) is 12.1 Å². The lowest BCUT2D eigenvalue weighted by atomic mass is 10.2. The number of hydrogen-bond donors (Lipinski definition) is 0. The quantitative estimate of drug-likeness (QED) is 0.754. The summed E-state index contributed by atoms with van der Waals surface area (Å²) in [6.45, 7) is 7.20. The maximum absolute atomic E-state index is 11.4. The Morgan fingerprint density at radius 1 is 1.25 bits per heavy atom. The minimum absolute atomic E-state index is 0.0844. The molecule has 0 aromatic carbocycles. The van der Waals surface area contributed by atoms with Crippen molar-refractivity contribution < 1.29 is 14.1 Å². The fourth-order valence-corrected chi connectivity index (χ4v) is 2.68. The molecule has 1 aliphatic heterocycles. The average Bonchev–Trinajstić information content (AvgIpc) is 3.07. The molecular weight excluding hydrogens is 312 g/mol. The highest BCUT2D eigenvalue weighted by atomic mass is 16.5. The van der Waals surface area contributed by atoms with Crippen molar-refractivity contribution in [3.63, 3.8) is 0 Å². The first kappa shape index (κ1) is 16.3. The van der Waals surface area contributed by atoms with E-state index in [1.165, 1.54) is 7.11 Å². The number of esters is 1. The van der Waals surface area contributed by atoms with Crippen LogP contribution in [0.1, 0.15) is 35.2 Å². The third-order valence-electron chi connectivity index (χ3n) is 4.13. The highest BCUT2D eigenvalue weighted by Gasteiger charge is 2.26. The summed E-state index contributed by atoms with van der Waals surface area (Å²) in [7, 11) is 1.32. The van der Waals surface area contributed by atoms with Gasteiger partial charge in [-0.1, -0.05) is 5.16 Å². The third-order valence-corrected chi connectivity index (χ3v) is 4.13. The number of methoxy groups -OCH3 is 1. The van der Waals surface area contributed by atoms with Crippen LogP contribution < -0.4 is 4.90 Å². The molecule has 24 heavy (non-hydrogen) atoms. The number of carbonyl (C=O) groups excluding carboxylic acids is 1. The largest absolute Gasteiger partial charge is 0.464 e. The summed E-state index contributed by atoms with van der Waals surface area (Å²) < 4.78 is 9.88. The molecule has 3 rings (SSSR count). The summed E-state index contributed by atoms with van der Waals surface area (Å²) in [6, 6.07) is 3.51. The van der Waals surface area contributed by atoms with Gasteiger partial charge in [0.05, 0.1) is 13.2 Å². The molecule has 2 aromatic heterocycles. The zero-order chi connectivity index (χ0) is 17.1. The van der Waals surface area contributed by atoms with E-state index in [0.29, 0.717) is 11.7 Å². The van der Waals surface area contributed by atoms with Gasteiger partial charge in [0, 0.05) is 26.2 Å². The lowest BCUT2D eigenvalue weighted by molar-refractivity contribution is 0.0592. The van der Waals surface area contributed by atoms with Gasteiger partial charge in [-0.05, 0) is 26.0 Å². The van der Waals surface area contributed by atoms with Crippen LogP contribution >= 0.6 is 0 Å². The summed E-state index contributed by atoms with van der Waals surface area (Å²) in [5.74, 6) is 1.56. The molecule has 9 nitrogen and oxygen atoms in total. The van der Waals surface area contributed by atoms with Gasteiger partial charge in [0.25, 0.3) is 0 Å². The Morgan fingerprint density at radius 2 is 2.00 bits per heavy atom. The Labute approximate surface area is 139 Å². The van der Waals surface area contributed by atoms with Crippen molar-refractivity contribution in [1.82, 2.24) is 25.2 Å². The van der Waals surface area contributed by atoms with Gasteiger partial charge in [0.1, 0.15) is 0 Å². The molecule has 1 saturated heterocycles. The van der Waals surface area contributed by atoms with Gasteiger partial charge < -0.3 is 14.2 Å². The van der Waals surface area contributed by atoms with Crippen LogP contribution in [0.25, 0.3) is 0 Å². The maximum atomic E-state index is 11.4. The molecular formula is C15H20N6O3. The van der Waals surface area contributed by atoms with Crippen LogP contribution in [0.15, 0.2) is 16.7 Å². The van der Waals surface area contributed by atoms with E-state index < -0.39 is 5.97 Å². The molecule has 0 amide bonds. The van der Waals surface area contributed by atoms with Gasteiger partial charge in [-0.2, -0.15) is 4.98 Å². The third kappa shape index (κ3) is 3.35. The van der Waals surface area contributed by atoms with Gasteiger partial charge in [0.2, 0.25) is 5.89 Å². The monoisotopic (exact) mass is 332 g/mol. The number of aromatic nitrogens is 4.